The van der Waals surface area contributed by atoms with E-state index in [1.807, 2.05) is 34.6 Å². The highest BCUT2D eigenvalue weighted by molar-refractivity contribution is 7.99. The number of nitrogens with zero attached hydrogens (tertiary/aromatic N) is 3. The molecule has 0 bridgehead atoms. The summed E-state index contributed by atoms with van der Waals surface area (Å²) in [4.78, 5) is 18.8. The van der Waals surface area contributed by atoms with Crippen molar-refractivity contribution in [3.63, 3.8) is 0 Å². The minimum Gasteiger partial charge on any atom is -0.465 e. The second-order valence-corrected chi connectivity index (χ2v) is 6.84. The normalized spacial score (nSPS) is 19.8. The SMILES string of the molecule is COC(=O)c1cccn2cc(CN3CCSC(C)C3)nc12. The molecule has 0 aromatic carbocycles. The van der Waals surface area contributed by atoms with E-state index >= 15 is 0 Å². The van der Waals surface area contributed by atoms with Gasteiger partial charge in [-0.1, -0.05) is 6.92 Å². The summed E-state index contributed by atoms with van der Waals surface area (Å²) in [7, 11) is 1.39. The highest BCUT2D eigenvalue weighted by Crippen LogP contribution is 2.20. The maximum Gasteiger partial charge on any atom is 0.341 e. The van der Waals surface area contributed by atoms with Crippen molar-refractivity contribution in [2.75, 3.05) is 26.0 Å². The van der Waals surface area contributed by atoms with Gasteiger partial charge in [-0.05, 0) is 12.1 Å². The van der Waals surface area contributed by atoms with Gasteiger partial charge >= 0.3 is 5.97 Å². The Morgan fingerprint density at radius 1 is 1.57 bits per heavy atom. The van der Waals surface area contributed by atoms with Crippen LogP contribution in [0.3, 0.4) is 0 Å². The molecule has 112 valence electrons. The molecule has 1 fully saturated rings. The summed E-state index contributed by atoms with van der Waals surface area (Å²) in [5.74, 6) is 0.822. The molecule has 0 saturated carbocycles. The van der Waals surface area contributed by atoms with Gasteiger partial charge in [0.05, 0.1) is 12.8 Å². The smallest absolute Gasteiger partial charge is 0.341 e. The highest BCUT2D eigenvalue weighted by atomic mass is 32.2. The summed E-state index contributed by atoms with van der Waals surface area (Å²) in [6.07, 6.45) is 3.90. The van der Waals surface area contributed by atoms with Crippen molar-refractivity contribution < 1.29 is 9.53 Å². The molecule has 0 amide bonds. The second kappa shape index (κ2) is 6.07. The molecule has 5 nitrogen and oxygen atoms in total. The van der Waals surface area contributed by atoms with Crippen LogP contribution in [-0.4, -0.2) is 51.5 Å². The van der Waals surface area contributed by atoms with Crippen LogP contribution in [0.25, 0.3) is 5.65 Å². The third-order valence-electron chi connectivity index (χ3n) is 3.65. The van der Waals surface area contributed by atoms with E-state index in [2.05, 4.69) is 16.8 Å². The predicted octanol–water partition coefficient (Wildman–Crippen LogP) is 2.06. The average molecular weight is 305 g/mol. The van der Waals surface area contributed by atoms with Crippen molar-refractivity contribution in [2.45, 2.75) is 18.7 Å². The molecule has 1 aliphatic heterocycles. The molecule has 1 saturated heterocycles. The molecule has 1 atom stereocenters. The number of ether oxygens (including phenoxy) is 1. The van der Waals surface area contributed by atoms with Crippen LogP contribution < -0.4 is 0 Å². The number of thioether (sulfide) groups is 1. The van der Waals surface area contributed by atoms with E-state index in [-0.39, 0.29) is 5.97 Å². The molecule has 1 unspecified atom stereocenters. The lowest BCUT2D eigenvalue weighted by Crippen LogP contribution is -2.36. The lowest BCUT2D eigenvalue weighted by molar-refractivity contribution is 0.0602. The Morgan fingerprint density at radius 3 is 3.19 bits per heavy atom. The molecule has 6 heteroatoms. The van der Waals surface area contributed by atoms with Crippen LogP contribution in [0.5, 0.6) is 0 Å². The minimum atomic E-state index is -0.347. The Morgan fingerprint density at radius 2 is 2.43 bits per heavy atom. The number of rotatable bonds is 3. The first-order chi connectivity index (χ1) is 10.2. The number of carbonyl (C=O) groups excluding carboxylic acids is 1. The molecule has 1 aliphatic rings. The largest absolute Gasteiger partial charge is 0.465 e. The molecule has 0 spiro atoms. The summed E-state index contributed by atoms with van der Waals surface area (Å²) in [6.45, 7) is 5.26. The Bertz CT molecular complexity index is 655. The molecule has 21 heavy (non-hydrogen) atoms. The zero-order valence-corrected chi connectivity index (χ0v) is 13.1. The number of methoxy groups -OCH3 is 1. The van der Waals surface area contributed by atoms with Crippen LogP contribution in [0, 0.1) is 0 Å². The molecule has 2 aromatic rings. The lowest BCUT2D eigenvalue weighted by atomic mass is 10.3. The first-order valence-corrected chi connectivity index (χ1v) is 8.11. The lowest BCUT2D eigenvalue weighted by Gasteiger charge is -2.29. The van der Waals surface area contributed by atoms with E-state index in [0.717, 1.165) is 25.3 Å². The Labute approximate surface area is 128 Å². The van der Waals surface area contributed by atoms with Gasteiger partial charge in [0.1, 0.15) is 5.56 Å². The number of hydrogen-bond donors (Lipinski definition) is 0. The number of hydrogen-bond acceptors (Lipinski definition) is 5. The summed E-state index contributed by atoms with van der Waals surface area (Å²) in [5, 5.41) is 0.668. The molecule has 0 N–H and O–H groups in total. The van der Waals surface area contributed by atoms with Gasteiger partial charge in [-0.2, -0.15) is 11.8 Å². The quantitative estimate of drug-likeness (QED) is 0.812. The molecule has 3 rings (SSSR count). The van der Waals surface area contributed by atoms with E-state index in [1.54, 1.807) is 6.07 Å². The fourth-order valence-electron chi connectivity index (χ4n) is 2.67. The van der Waals surface area contributed by atoms with Crippen LogP contribution in [0.15, 0.2) is 24.5 Å². The number of aromatic nitrogens is 2. The third-order valence-corrected chi connectivity index (χ3v) is 4.79. The van der Waals surface area contributed by atoms with E-state index in [4.69, 9.17) is 4.74 Å². The highest BCUT2D eigenvalue weighted by Gasteiger charge is 2.19. The van der Waals surface area contributed by atoms with Gasteiger partial charge in [0.25, 0.3) is 0 Å². The van der Waals surface area contributed by atoms with Crippen molar-refractivity contribution in [1.29, 1.82) is 0 Å². The van der Waals surface area contributed by atoms with Crippen molar-refractivity contribution in [1.82, 2.24) is 14.3 Å². The monoisotopic (exact) mass is 305 g/mol. The third kappa shape index (κ3) is 3.06. The molecular formula is C15H19N3O2S. The summed E-state index contributed by atoms with van der Waals surface area (Å²) >= 11 is 2.02. The van der Waals surface area contributed by atoms with Crippen LogP contribution >= 0.6 is 11.8 Å². The van der Waals surface area contributed by atoms with Crippen LogP contribution in [-0.2, 0) is 11.3 Å². The fraction of sp³-hybridized carbons (Fsp3) is 0.467. The van der Waals surface area contributed by atoms with Crippen molar-refractivity contribution in [2.24, 2.45) is 0 Å². The number of esters is 1. The van der Waals surface area contributed by atoms with Crippen LogP contribution in [0.1, 0.15) is 23.0 Å². The fourth-order valence-corrected chi connectivity index (χ4v) is 3.75. The topological polar surface area (TPSA) is 46.8 Å². The number of fused-ring (bicyclic) bond motifs is 1. The van der Waals surface area contributed by atoms with Crippen LogP contribution in [0.4, 0.5) is 0 Å². The van der Waals surface area contributed by atoms with Gasteiger partial charge < -0.3 is 9.14 Å². The first kappa shape index (κ1) is 14.4. The Hall–Kier alpha value is -1.53. The maximum absolute atomic E-state index is 11.8. The summed E-state index contributed by atoms with van der Waals surface area (Å²) in [6, 6.07) is 3.59. The van der Waals surface area contributed by atoms with Gasteiger partial charge in [0.2, 0.25) is 0 Å². The van der Waals surface area contributed by atoms with Gasteiger partial charge in [-0.25, -0.2) is 9.78 Å². The van der Waals surface area contributed by atoms with Gasteiger partial charge in [-0.3, -0.25) is 4.90 Å². The molecular weight excluding hydrogens is 286 g/mol. The van der Waals surface area contributed by atoms with Gasteiger partial charge in [0, 0.05) is 43.0 Å². The molecule has 3 heterocycles. The zero-order valence-electron chi connectivity index (χ0n) is 12.3. The maximum atomic E-state index is 11.8. The van der Waals surface area contributed by atoms with Gasteiger partial charge in [-0.15, -0.1) is 0 Å². The Balaban J connectivity index is 1.85. The van der Waals surface area contributed by atoms with E-state index in [1.165, 1.54) is 12.9 Å². The van der Waals surface area contributed by atoms with E-state index in [9.17, 15) is 4.79 Å². The van der Waals surface area contributed by atoms with Crippen molar-refractivity contribution in [3.8, 4) is 0 Å². The zero-order chi connectivity index (χ0) is 14.8. The molecule has 2 aromatic heterocycles. The standard InChI is InChI=1S/C15H19N3O2S/c1-11-8-17(6-7-21-11)9-12-10-18-5-3-4-13(14(18)16-12)15(19)20-2/h3-5,10-11H,6-9H2,1-2H3. The molecule has 0 radical (unpaired) electrons. The number of carbonyl (C=O) groups is 1. The van der Waals surface area contributed by atoms with Gasteiger partial charge in [0.15, 0.2) is 5.65 Å². The first-order valence-electron chi connectivity index (χ1n) is 7.06. The predicted molar refractivity (Wildman–Crippen MR) is 83.7 cm³/mol. The second-order valence-electron chi connectivity index (χ2n) is 5.29. The molecule has 0 aliphatic carbocycles. The van der Waals surface area contributed by atoms with Crippen molar-refractivity contribution >= 4 is 23.4 Å². The number of pyridine rings is 1. The van der Waals surface area contributed by atoms with E-state index in [0.29, 0.717) is 16.5 Å². The summed E-state index contributed by atoms with van der Waals surface area (Å²) in [5.41, 5.74) is 2.16. The van der Waals surface area contributed by atoms with Crippen molar-refractivity contribution in [3.05, 3.63) is 35.8 Å². The Kier molecular flexibility index (Phi) is 4.17. The van der Waals surface area contributed by atoms with Crippen LogP contribution in [0.2, 0.25) is 0 Å². The van der Waals surface area contributed by atoms with E-state index < -0.39 is 0 Å². The average Bonchev–Trinajstić information content (AvgIpc) is 2.88. The summed E-state index contributed by atoms with van der Waals surface area (Å²) < 4.78 is 6.70. The minimum absolute atomic E-state index is 0.347. The number of imidazole rings is 1.